The third-order valence-corrected chi connectivity index (χ3v) is 1.44. The van der Waals surface area contributed by atoms with Crippen LogP contribution in [0.5, 0.6) is 0 Å². The summed E-state index contributed by atoms with van der Waals surface area (Å²) in [4.78, 5) is 0. The third kappa shape index (κ3) is 7.38. The molecule has 2 nitrogen and oxygen atoms in total. The van der Waals surface area contributed by atoms with E-state index >= 15 is 0 Å². The highest BCUT2D eigenvalue weighted by Gasteiger charge is 1.96. The SMILES string of the molecule is C#CCC(C)NCCCOC. The summed E-state index contributed by atoms with van der Waals surface area (Å²) in [5, 5.41) is 3.30. The molecule has 0 radical (unpaired) electrons. The largest absolute Gasteiger partial charge is 0.385 e. The van der Waals surface area contributed by atoms with Crippen molar-refractivity contribution in [3.05, 3.63) is 0 Å². The van der Waals surface area contributed by atoms with Gasteiger partial charge < -0.3 is 10.1 Å². The third-order valence-electron chi connectivity index (χ3n) is 1.44. The Morgan fingerprint density at radius 3 is 2.91 bits per heavy atom. The smallest absolute Gasteiger partial charge is 0.0474 e. The van der Waals surface area contributed by atoms with Gasteiger partial charge in [0.1, 0.15) is 0 Å². The Hall–Kier alpha value is -0.520. The lowest BCUT2D eigenvalue weighted by Gasteiger charge is -2.09. The van der Waals surface area contributed by atoms with Crippen LogP contribution in [-0.4, -0.2) is 26.3 Å². The first-order valence-corrected chi connectivity index (χ1v) is 3.97. The lowest BCUT2D eigenvalue weighted by atomic mass is 10.2. The molecule has 0 aromatic heterocycles. The second-order valence-electron chi connectivity index (χ2n) is 2.61. The molecule has 0 aliphatic heterocycles. The molecule has 0 bridgehead atoms. The standard InChI is InChI=1S/C9H17NO/c1-4-6-9(2)10-7-5-8-11-3/h1,9-10H,5-8H2,2-3H3. The molecular weight excluding hydrogens is 138 g/mol. The second kappa shape index (κ2) is 7.59. The number of nitrogens with one attached hydrogen (secondary N) is 1. The molecule has 2 heteroatoms. The average molecular weight is 155 g/mol. The molecule has 0 amide bonds. The highest BCUT2D eigenvalue weighted by atomic mass is 16.5. The molecule has 0 saturated heterocycles. The first-order chi connectivity index (χ1) is 5.31. The van der Waals surface area contributed by atoms with E-state index in [1.807, 2.05) is 0 Å². The van der Waals surface area contributed by atoms with Crippen molar-refractivity contribution in [3.8, 4) is 12.3 Å². The van der Waals surface area contributed by atoms with E-state index in [1.54, 1.807) is 7.11 Å². The van der Waals surface area contributed by atoms with E-state index in [9.17, 15) is 0 Å². The first-order valence-electron chi connectivity index (χ1n) is 3.97. The average Bonchev–Trinajstić information content (AvgIpc) is 1.99. The normalized spacial score (nSPS) is 12.5. The van der Waals surface area contributed by atoms with Crippen molar-refractivity contribution < 1.29 is 4.74 Å². The van der Waals surface area contributed by atoms with Crippen LogP contribution >= 0.6 is 0 Å². The fraction of sp³-hybridized carbons (Fsp3) is 0.778. The Kier molecular flexibility index (Phi) is 7.23. The van der Waals surface area contributed by atoms with E-state index in [4.69, 9.17) is 11.2 Å². The van der Waals surface area contributed by atoms with Crippen LogP contribution in [0, 0.1) is 12.3 Å². The predicted octanol–water partition coefficient (Wildman–Crippen LogP) is 1.02. The maximum Gasteiger partial charge on any atom is 0.0474 e. The molecule has 1 atom stereocenters. The number of ether oxygens (including phenoxy) is 1. The molecule has 1 unspecified atom stereocenters. The summed E-state index contributed by atoms with van der Waals surface area (Å²) in [6.07, 6.45) is 6.99. The summed E-state index contributed by atoms with van der Waals surface area (Å²) in [5.74, 6) is 2.61. The molecule has 0 aromatic carbocycles. The summed E-state index contributed by atoms with van der Waals surface area (Å²) < 4.78 is 4.90. The lowest BCUT2D eigenvalue weighted by molar-refractivity contribution is 0.193. The number of methoxy groups -OCH3 is 1. The minimum Gasteiger partial charge on any atom is -0.385 e. The van der Waals surface area contributed by atoms with Crippen molar-refractivity contribution in [1.29, 1.82) is 0 Å². The number of hydrogen-bond acceptors (Lipinski definition) is 2. The van der Waals surface area contributed by atoms with Crippen molar-refractivity contribution in [2.45, 2.75) is 25.8 Å². The van der Waals surface area contributed by atoms with Gasteiger partial charge in [0, 0.05) is 26.2 Å². The molecule has 11 heavy (non-hydrogen) atoms. The van der Waals surface area contributed by atoms with Crippen molar-refractivity contribution in [1.82, 2.24) is 5.32 Å². The molecule has 0 rings (SSSR count). The van der Waals surface area contributed by atoms with Gasteiger partial charge in [-0.3, -0.25) is 0 Å². The Morgan fingerprint density at radius 1 is 1.64 bits per heavy atom. The highest BCUT2D eigenvalue weighted by Crippen LogP contribution is 1.87. The topological polar surface area (TPSA) is 21.3 Å². The lowest BCUT2D eigenvalue weighted by Crippen LogP contribution is -2.27. The first kappa shape index (κ1) is 10.5. The molecule has 0 heterocycles. The molecule has 0 aliphatic carbocycles. The van der Waals surface area contributed by atoms with Crippen LogP contribution in [0.4, 0.5) is 0 Å². The second-order valence-corrected chi connectivity index (χ2v) is 2.61. The number of hydrogen-bond donors (Lipinski definition) is 1. The molecule has 0 saturated carbocycles. The van der Waals surface area contributed by atoms with Gasteiger partial charge in [0.25, 0.3) is 0 Å². The van der Waals surface area contributed by atoms with Gasteiger partial charge in [-0.25, -0.2) is 0 Å². The molecule has 64 valence electrons. The minimum absolute atomic E-state index is 0.428. The Bertz CT molecular complexity index is 117. The monoisotopic (exact) mass is 155 g/mol. The summed E-state index contributed by atoms with van der Waals surface area (Å²) in [5.41, 5.74) is 0. The van der Waals surface area contributed by atoms with Crippen LogP contribution in [0.3, 0.4) is 0 Å². The fourth-order valence-corrected chi connectivity index (χ4v) is 0.814. The van der Waals surface area contributed by atoms with Gasteiger partial charge in [-0.2, -0.15) is 0 Å². The van der Waals surface area contributed by atoms with Crippen LogP contribution in [0.1, 0.15) is 19.8 Å². The number of terminal acetylenes is 1. The zero-order valence-electron chi connectivity index (χ0n) is 7.39. The molecule has 1 N–H and O–H groups in total. The van der Waals surface area contributed by atoms with Gasteiger partial charge in [0.2, 0.25) is 0 Å². The van der Waals surface area contributed by atoms with E-state index in [0.29, 0.717) is 6.04 Å². The Balaban J connectivity index is 3.05. The summed E-state index contributed by atoms with van der Waals surface area (Å²) in [6, 6.07) is 0.428. The van der Waals surface area contributed by atoms with Gasteiger partial charge >= 0.3 is 0 Å². The van der Waals surface area contributed by atoms with Crippen molar-refractivity contribution in [2.75, 3.05) is 20.3 Å². The maximum absolute atomic E-state index is 5.15. The Labute approximate surface area is 69.3 Å². The van der Waals surface area contributed by atoms with E-state index < -0.39 is 0 Å². The molecule has 0 spiro atoms. The van der Waals surface area contributed by atoms with Crippen molar-refractivity contribution >= 4 is 0 Å². The van der Waals surface area contributed by atoms with E-state index in [1.165, 1.54) is 0 Å². The highest BCUT2D eigenvalue weighted by molar-refractivity contribution is 4.87. The summed E-state index contributed by atoms with van der Waals surface area (Å²) >= 11 is 0. The maximum atomic E-state index is 5.15. The van der Waals surface area contributed by atoms with E-state index in [2.05, 4.69) is 18.2 Å². The van der Waals surface area contributed by atoms with Gasteiger partial charge in [-0.1, -0.05) is 0 Å². The van der Waals surface area contributed by atoms with Gasteiger partial charge in [-0.05, 0) is 19.9 Å². The van der Waals surface area contributed by atoms with Crippen LogP contribution in [0.25, 0.3) is 0 Å². The predicted molar refractivity (Wildman–Crippen MR) is 47.4 cm³/mol. The van der Waals surface area contributed by atoms with Crippen LogP contribution in [0.2, 0.25) is 0 Å². The molecule has 0 aliphatic rings. The quantitative estimate of drug-likeness (QED) is 0.457. The molecule has 0 fully saturated rings. The van der Waals surface area contributed by atoms with Crippen molar-refractivity contribution in [3.63, 3.8) is 0 Å². The Morgan fingerprint density at radius 2 is 2.36 bits per heavy atom. The van der Waals surface area contributed by atoms with E-state index in [-0.39, 0.29) is 0 Å². The van der Waals surface area contributed by atoms with Gasteiger partial charge in [-0.15, -0.1) is 12.3 Å². The molecule has 0 aromatic rings. The number of rotatable bonds is 6. The zero-order valence-corrected chi connectivity index (χ0v) is 7.39. The van der Waals surface area contributed by atoms with Gasteiger partial charge in [0.15, 0.2) is 0 Å². The van der Waals surface area contributed by atoms with Crippen LogP contribution in [-0.2, 0) is 4.74 Å². The van der Waals surface area contributed by atoms with Crippen molar-refractivity contribution in [2.24, 2.45) is 0 Å². The molecular formula is C9H17NO. The summed E-state index contributed by atoms with van der Waals surface area (Å²) in [7, 11) is 1.71. The summed E-state index contributed by atoms with van der Waals surface area (Å²) in [6.45, 7) is 3.89. The van der Waals surface area contributed by atoms with Crippen LogP contribution in [0.15, 0.2) is 0 Å². The zero-order chi connectivity index (χ0) is 8.53. The van der Waals surface area contributed by atoms with E-state index in [0.717, 1.165) is 26.0 Å². The minimum atomic E-state index is 0.428. The fourth-order valence-electron chi connectivity index (χ4n) is 0.814. The van der Waals surface area contributed by atoms with Crippen LogP contribution < -0.4 is 5.32 Å². The van der Waals surface area contributed by atoms with Gasteiger partial charge in [0.05, 0.1) is 0 Å².